The molecule has 1 N–H and O–H groups in total. The van der Waals surface area contributed by atoms with Crippen LogP contribution >= 0.6 is 23.4 Å². The van der Waals surface area contributed by atoms with E-state index in [2.05, 4.69) is 5.32 Å². The van der Waals surface area contributed by atoms with E-state index in [4.69, 9.17) is 16.3 Å². The van der Waals surface area contributed by atoms with E-state index >= 15 is 0 Å². The Hall–Kier alpha value is -2.25. The Morgan fingerprint density at radius 1 is 1.33 bits per heavy atom. The number of carbonyl (C=O) groups is 1. The number of hydrogen-bond donors (Lipinski definition) is 1. The smallest absolute Gasteiger partial charge is 0.285 e. The van der Waals surface area contributed by atoms with Crippen molar-refractivity contribution in [2.24, 2.45) is 0 Å². The van der Waals surface area contributed by atoms with Crippen molar-refractivity contribution in [3.63, 3.8) is 0 Å². The number of benzene rings is 2. The minimum absolute atomic E-state index is 0.0389. The van der Waals surface area contributed by atoms with Crippen molar-refractivity contribution in [3.8, 4) is 5.75 Å². The first kappa shape index (κ1) is 19.5. The second-order valence-electron chi connectivity index (χ2n) is 6.45. The van der Waals surface area contributed by atoms with Gasteiger partial charge in [-0.15, -0.1) is 11.8 Å². The molecule has 0 saturated heterocycles. The van der Waals surface area contributed by atoms with Gasteiger partial charge < -0.3 is 10.1 Å². The molecular weight excluding hydrogens is 388 g/mol. The van der Waals surface area contributed by atoms with Crippen LogP contribution in [0.4, 0.5) is 5.69 Å². The van der Waals surface area contributed by atoms with Gasteiger partial charge in [0.2, 0.25) is 0 Å². The number of rotatable bonds is 7. The summed E-state index contributed by atoms with van der Waals surface area (Å²) >= 11 is 7.31. The molecule has 142 valence electrons. The summed E-state index contributed by atoms with van der Waals surface area (Å²) in [6, 6.07) is 10.4. The minimum Gasteiger partial charge on any atom is -0.495 e. The molecule has 0 radical (unpaired) electrons. The van der Waals surface area contributed by atoms with Gasteiger partial charge in [0.1, 0.15) is 11.3 Å². The van der Waals surface area contributed by atoms with Gasteiger partial charge >= 0.3 is 0 Å². The summed E-state index contributed by atoms with van der Waals surface area (Å²) in [4.78, 5) is 24.2. The predicted molar refractivity (Wildman–Crippen MR) is 106 cm³/mol. The average molecular weight is 407 g/mol. The fraction of sp³-hybridized carbons (Fsp3) is 0.316. The lowest BCUT2D eigenvalue weighted by atomic mass is 9.96. The number of thioether (sulfide) groups is 1. The Balaban J connectivity index is 1.82. The molecule has 2 aromatic carbocycles. The van der Waals surface area contributed by atoms with Crippen molar-refractivity contribution in [2.45, 2.75) is 23.2 Å². The number of nitro benzene ring substituents is 1. The first-order valence-electron chi connectivity index (χ1n) is 8.35. The summed E-state index contributed by atoms with van der Waals surface area (Å²) in [5.74, 6) is -0.0783. The van der Waals surface area contributed by atoms with Crippen LogP contribution in [0.15, 0.2) is 41.3 Å². The van der Waals surface area contributed by atoms with Crippen molar-refractivity contribution >= 4 is 35.0 Å². The average Bonchev–Trinajstić information content (AvgIpc) is 3.46. The maximum atomic E-state index is 12.7. The lowest BCUT2D eigenvalue weighted by molar-refractivity contribution is -0.385. The molecule has 6 nitrogen and oxygen atoms in total. The zero-order chi connectivity index (χ0) is 19.6. The highest BCUT2D eigenvalue weighted by Gasteiger charge is 2.44. The highest BCUT2D eigenvalue weighted by atomic mass is 35.5. The lowest BCUT2D eigenvalue weighted by Gasteiger charge is -2.17. The number of carbonyl (C=O) groups excluding carboxylic acids is 1. The molecule has 27 heavy (non-hydrogen) atoms. The Bertz CT molecular complexity index is 882. The zero-order valence-corrected chi connectivity index (χ0v) is 16.5. The number of hydrogen-bond acceptors (Lipinski definition) is 5. The zero-order valence-electron chi connectivity index (χ0n) is 15.0. The van der Waals surface area contributed by atoms with E-state index in [1.54, 1.807) is 0 Å². The fourth-order valence-corrected chi connectivity index (χ4v) is 3.77. The molecule has 0 unspecified atom stereocenters. The SMILES string of the molecule is COc1cc([N+](=O)[O-])c(C(=O)NCC2(c3ccc(Cl)cc3)CC2)cc1SC. The molecule has 0 aromatic heterocycles. The molecule has 0 aliphatic heterocycles. The summed E-state index contributed by atoms with van der Waals surface area (Å²) in [7, 11) is 1.45. The largest absolute Gasteiger partial charge is 0.495 e. The minimum atomic E-state index is -0.562. The van der Waals surface area contributed by atoms with Crippen LogP contribution in [0, 0.1) is 10.1 Å². The molecule has 1 aliphatic carbocycles. The molecule has 2 aromatic rings. The van der Waals surface area contributed by atoms with Gasteiger partial charge in [0.15, 0.2) is 0 Å². The number of amides is 1. The summed E-state index contributed by atoms with van der Waals surface area (Å²) < 4.78 is 5.19. The molecule has 0 atom stereocenters. The van der Waals surface area contributed by atoms with E-state index < -0.39 is 10.8 Å². The second kappa shape index (κ2) is 7.78. The lowest BCUT2D eigenvalue weighted by Crippen LogP contribution is -2.32. The molecule has 0 heterocycles. The third-order valence-corrected chi connectivity index (χ3v) is 5.85. The summed E-state index contributed by atoms with van der Waals surface area (Å²) in [5.41, 5.74) is 0.765. The van der Waals surface area contributed by atoms with Crippen molar-refractivity contribution in [3.05, 3.63) is 62.7 Å². The molecule has 1 fully saturated rings. The fourth-order valence-electron chi connectivity index (χ4n) is 3.07. The van der Waals surface area contributed by atoms with Crippen LogP contribution in [0.3, 0.4) is 0 Å². The predicted octanol–water partition coefficient (Wildman–Crippen LogP) is 4.44. The molecule has 0 bridgehead atoms. The molecule has 1 amide bonds. The van der Waals surface area contributed by atoms with E-state index in [-0.39, 0.29) is 16.7 Å². The standard InChI is InChI=1S/C19H19ClN2O4S/c1-26-16-10-15(22(24)25)14(9-17(16)27-2)18(23)21-11-19(7-8-19)12-3-5-13(20)6-4-12/h3-6,9-10H,7-8,11H2,1-2H3,(H,21,23). The normalized spacial score (nSPS) is 14.5. The number of nitrogens with zero attached hydrogens (tertiary/aromatic N) is 1. The van der Waals surface area contributed by atoms with Gasteiger partial charge in [-0.25, -0.2) is 0 Å². The highest BCUT2D eigenvalue weighted by Crippen LogP contribution is 2.48. The van der Waals surface area contributed by atoms with E-state index in [0.29, 0.717) is 22.2 Å². The molecule has 3 rings (SSSR count). The van der Waals surface area contributed by atoms with E-state index in [9.17, 15) is 14.9 Å². The number of ether oxygens (including phenoxy) is 1. The van der Waals surface area contributed by atoms with Crippen molar-refractivity contribution < 1.29 is 14.5 Å². The van der Waals surface area contributed by atoms with Crippen LogP contribution in [0.2, 0.25) is 5.02 Å². The van der Waals surface area contributed by atoms with Gasteiger partial charge in [-0.1, -0.05) is 23.7 Å². The van der Waals surface area contributed by atoms with Crippen LogP contribution in [0.1, 0.15) is 28.8 Å². The van der Waals surface area contributed by atoms with Crippen LogP contribution in [0.5, 0.6) is 5.75 Å². The maximum Gasteiger partial charge on any atom is 0.285 e. The first-order valence-corrected chi connectivity index (χ1v) is 9.95. The summed E-state index contributed by atoms with van der Waals surface area (Å²) in [6.07, 6.45) is 3.73. The molecule has 1 aliphatic rings. The van der Waals surface area contributed by atoms with Gasteiger partial charge in [-0.2, -0.15) is 0 Å². The van der Waals surface area contributed by atoms with Crippen molar-refractivity contribution in [2.75, 3.05) is 19.9 Å². The molecule has 1 saturated carbocycles. The van der Waals surface area contributed by atoms with Gasteiger partial charge in [-0.3, -0.25) is 14.9 Å². The Morgan fingerprint density at radius 3 is 2.52 bits per heavy atom. The molecule has 8 heteroatoms. The van der Waals surface area contributed by atoms with Gasteiger partial charge in [0.05, 0.1) is 23.0 Å². The van der Waals surface area contributed by atoms with Crippen LogP contribution in [0.25, 0.3) is 0 Å². The van der Waals surface area contributed by atoms with Gasteiger partial charge in [0.25, 0.3) is 11.6 Å². The van der Waals surface area contributed by atoms with E-state index in [1.807, 2.05) is 30.5 Å². The number of nitrogens with one attached hydrogen (secondary N) is 1. The van der Waals surface area contributed by atoms with Crippen LogP contribution in [-0.4, -0.2) is 30.7 Å². The third kappa shape index (κ3) is 4.04. The third-order valence-electron chi connectivity index (χ3n) is 4.84. The van der Waals surface area contributed by atoms with Crippen molar-refractivity contribution in [1.29, 1.82) is 0 Å². The quantitative estimate of drug-likeness (QED) is 0.417. The van der Waals surface area contributed by atoms with Crippen LogP contribution < -0.4 is 10.1 Å². The molecule has 0 spiro atoms. The number of methoxy groups -OCH3 is 1. The highest BCUT2D eigenvalue weighted by molar-refractivity contribution is 7.98. The van der Waals surface area contributed by atoms with Crippen LogP contribution in [-0.2, 0) is 5.41 Å². The number of halogens is 1. The summed E-state index contributed by atoms with van der Waals surface area (Å²) in [5, 5.41) is 14.9. The van der Waals surface area contributed by atoms with Gasteiger partial charge in [-0.05, 0) is 42.9 Å². The Kier molecular flexibility index (Phi) is 5.62. The van der Waals surface area contributed by atoms with Gasteiger partial charge in [0, 0.05) is 17.0 Å². The Morgan fingerprint density at radius 2 is 2.00 bits per heavy atom. The topological polar surface area (TPSA) is 81.5 Å². The van der Waals surface area contributed by atoms with E-state index in [0.717, 1.165) is 18.4 Å². The number of nitro groups is 1. The summed E-state index contributed by atoms with van der Waals surface area (Å²) in [6.45, 7) is 0.422. The monoisotopic (exact) mass is 406 g/mol. The second-order valence-corrected chi connectivity index (χ2v) is 7.74. The maximum absolute atomic E-state index is 12.7. The van der Waals surface area contributed by atoms with E-state index in [1.165, 1.54) is 31.0 Å². The Labute approximate surface area is 166 Å². The first-order chi connectivity index (χ1) is 12.9. The molecular formula is C19H19ClN2O4S. The van der Waals surface area contributed by atoms with Crippen molar-refractivity contribution in [1.82, 2.24) is 5.32 Å².